The number of sulfonamides is 1. The molecule has 0 aliphatic rings. The molecule has 0 aliphatic heterocycles. The quantitative estimate of drug-likeness (QED) is 0.141. The summed E-state index contributed by atoms with van der Waals surface area (Å²) in [5.41, 5.74) is 0.614. The van der Waals surface area contributed by atoms with Gasteiger partial charge in [0.2, 0.25) is 10.0 Å². The first-order chi connectivity index (χ1) is 17.2. The van der Waals surface area contributed by atoms with Crippen LogP contribution in [-0.2, 0) is 21.2 Å². The Morgan fingerprint density at radius 1 is 1.16 bits per heavy atom. The summed E-state index contributed by atoms with van der Waals surface area (Å²) in [5.74, 6) is -0.0743. The number of nitrogens with one attached hydrogen (secondary N) is 1. The number of benzene rings is 2. The summed E-state index contributed by atoms with van der Waals surface area (Å²) >= 11 is 2.02. The van der Waals surface area contributed by atoms with E-state index in [2.05, 4.69) is 5.32 Å². The lowest BCUT2D eigenvalue weighted by Crippen LogP contribution is -2.51. The van der Waals surface area contributed by atoms with Gasteiger partial charge < -0.3 is 15.2 Å². The number of ether oxygens (including phenoxy) is 1. The lowest BCUT2D eigenvalue weighted by atomic mass is 10.0. The van der Waals surface area contributed by atoms with Crippen LogP contribution >= 0.6 is 22.6 Å². The van der Waals surface area contributed by atoms with Gasteiger partial charge in [-0.1, -0.05) is 51.1 Å². The zero-order chi connectivity index (χ0) is 27.8. The van der Waals surface area contributed by atoms with E-state index in [1.54, 1.807) is 6.92 Å². The molecule has 204 valence electrons. The number of carbonyl (C=O) groups excluding carboxylic acids is 1. The fourth-order valence-electron chi connectivity index (χ4n) is 3.50. The topological polar surface area (TPSA) is 139 Å². The van der Waals surface area contributed by atoms with Gasteiger partial charge in [-0.3, -0.25) is 10.1 Å². The molecule has 10 nitrogen and oxygen atoms in total. The average Bonchev–Trinajstić information content (AvgIpc) is 2.83. The Morgan fingerprint density at radius 2 is 1.76 bits per heavy atom. The summed E-state index contributed by atoms with van der Waals surface area (Å²) in [6.45, 7) is 7.12. The van der Waals surface area contributed by atoms with Gasteiger partial charge in [-0.25, -0.2) is 13.2 Å². The molecule has 12 heteroatoms. The van der Waals surface area contributed by atoms with Crippen LogP contribution in [0.3, 0.4) is 0 Å². The second kappa shape index (κ2) is 13.5. The number of halogens is 1. The number of non-ortho nitro benzene ring substituents is 1. The maximum atomic E-state index is 13.4. The maximum absolute atomic E-state index is 13.4. The number of alkyl halides is 1. The minimum Gasteiger partial charge on any atom is -0.433 e. The van der Waals surface area contributed by atoms with E-state index in [-0.39, 0.29) is 36.0 Å². The van der Waals surface area contributed by atoms with E-state index < -0.39 is 36.8 Å². The van der Waals surface area contributed by atoms with Gasteiger partial charge in [0.05, 0.1) is 22.0 Å². The van der Waals surface area contributed by atoms with Crippen molar-refractivity contribution < 1.29 is 28.0 Å². The Morgan fingerprint density at radius 3 is 2.27 bits per heavy atom. The molecule has 0 aliphatic carbocycles. The third-order valence-electron chi connectivity index (χ3n) is 5.65. The van der Waals surface area contributed by atoms with Crippen LogP contribution in [0.4, 0.5) is 10.5 Å². The number of rotatable bonds is 13. The molecule has 0 bridgehead atoms. The molecule has 0 saturated heterocycles. The van der Waals surface area contributed by atoms with Crippen LogP contribution in [0.5, 0.6) is 0 Å². The van der Waals surface area contributed by atoms with E-state index in [1.165, 1.54) is 12.1 Å². The molecule has 2 aromatic rings. The van der Waals surface area contributed by atoms with Crippen LogP contribution in [0.15, 0.2) is 59.5 Å². The highest BCUT2D eigenvalue weighted by Crippen LogP contribution is 2.24. The van der Waals surface area contributed by atoms with Gasteiger partial charge in [0.15, 0.2) is 3.61 Å². The first-order valence-corrected chi connectivity index (χ1v) is 14.4. The fourth-order valence-corrected chi connectivity index (χ4v) is 5.32. The number of nitro benzene ring substituents is 1. The smallest absolute Gasteiger partial charge is 0.408 e. The number of carbonyl (C=O) groups is 1. The number of nitrogens with zero attached hydrogens (tertiary/aromatic N) is 2. The third-order valence-corrected chi connectivity index (χ3v) is 8.48. The Bertz CT molecular complexity index is 1140. The Hall–Kier alpha value is -2.29. The van der Waals surface area contributed by atoms with Crippen LogP contribution in [0.2, 0.25) is 0 Å². The molecule has 37 heavy (non-hydrogen) atoms. The van der Waals surface area contributed by atoms with Crippen molar-refractivity contribution >= 4 is 44.4 Å². The van der Waals surface area contributed by atoms with Gasteiger partial charge in [0.25, 0.3) is 5.69 Å². The van der Waals surface area contributed by atoms with E-state index in [1.807, 2.05) is 73.7 Å². The predicted molar refractivity (Wildman–Crippen MR) is 149 cm³/mol. The lowest BCUT2D eigenvalue weighted by Gasteiger charge is -2.31. The summed E-state index contributed by atoms with van der Waals surface area (Å²) in [4.78, 5) is 22.9. The lowest BCUT2D eigenvalue weighted by molar-refractivity contribution is -0.384. The SMILES string of the molecule is CCC(C)(I)OC(=O)N[C@@H](Cc1ccccc1)[C@H](O)CN(CC(C)C)S(=O)(=O)c1ccc([N+](=O)[O-])cc1. The highest BCUT2D eigenvalue weighted by Gasteiger charge is 2.33. The van der Waals surface area contributed by atoms with Gasteiger partial charge >= 0.3 is 6.09 Å². The molecule has 3 atom stereocenters. The fraction of sp³-hybridized carbons (Fsp3) is 0.480. The van der Waals surface area contributed by atoms with Crippen LogP contribution in [0.1, 0.15) is 39.7 Å². The normalized spacial score (nSPS) is 15.1. The summed E-state index contributed by atoms with van der Waals surface area (Å²) in [6.07, 6.45) is -1.18. The summed E-state index contributed by atoms with van der Waals surface area (Å²) in [5, 5.41) is 24.9. The first kappa shape index (κ1) is 30.9. The molecular formula is C25H34IN3O7S. The Balaban J connectivity index is 2.33. The average molecular weight is 648 g/mol. The number of aliphatic hydroxyl groups is 1. The van der Waals surface area contributed by atoms with Gasteiger partial charge in [-0.15, -0.1) is 0 Å². The van der Waals surface area contributed by atoms with Crippen molar-refractivity contribution in [3.63, 3.8) is 0 Å². The first-order valence-electron chi connectivity index (χ1n) is 11.9. The second-order valence-corrected chi connectivity index (χ2v) is 13.5. The number of nitro groups is 1. The summed E-state index contributed by atoms with van der Waals surface area (Å²) < 4.78 is 32.8. The van der Waals surface area contributed by atoms with Gasteiger partial charge in [-0.2, -0.15) is 4.31 Å². The van der Waals surface area contributed by atoms with Crippen molar-refractivity contribution in [2.45, 2.75) is 61.2 Å². The predicted octanol–water partition coefficient (Wildman–Crippen LogP) is 4.50. The van der Waals surface area contributed by atoms with E-state index in [0.29, 0.717) is 6.42 Å². The molecule has 1 unspecified atom stereocenters. The van der Waals surface area contributed by atoms with Crippen molar-refractivity contribution in [2.75, 3.05) is 13.1 Å². The second-order valence-electron chi connectivity index (χ2n) is 9.32. The highest BCUT2D eigenvalue weighted by atomic mass is 127. The summed E-state index contributed by atoms with van der Waals surface area (Å²) in [7, 11) is -4.10. The van der Waals surface area contributed by atoms with Crippen molar-refractivity contribution in [3.8, 4) is 0 Å². The van der Waals surface area contributed by atoms with E-state index in [9.17, 15) is 28.4 Å². The Labute approximate surface area is 231 Å². The van der Waals surface area contributed by atoms with Crippen LogP contribution < -0.4 is 5.32 Å². The molecule has 0 spiro atoms. The molecule has 1 amide bonds. The van der Waals surface area contributed by atoms with E-state index >= 15 is 0 Å². The largest absolute Gasteiger partial charge is 0.433 e. The molecule has 2 N–H and O–H groups in total. The molecule has 0 saturated carbocycles. The molecule has 2 rings (SSSR count). The van der Waals surface area contributed by atoms with Gasteiger partial charge in [-0.05, 0) is 66.0 Å². The number of aliphatic hydroxyl groups excluding tert-OH is 1. The number of hydrogen-bond acceptors (Lipinski definition) is 7. The molecular weight excluding hydrogens is 613 g/mol. The van der Waals surface area contributed by atoms with Crippen molar-refractivity contribution in [1.82, 2.24) is 9.62 Å². The van der Waals surface area contributed by atoms with Crippen molar-refractivity contribution in [1.29, 1.82) is 0 Å². The Kier molecular flexibility index (Phi) is 11.3. The minimum absolute atomic E-state index is 0.0743. The zero-order valence-corrected chi connectivity index (χ0v) is 24.3. The number of hydrogen-bond donors (Lipinski definition) is 2. The van der Waals surface area contributed by atoms with Crippen LogP contribution in [0.25, 0.3) is 0 Å². The van der Waals surface area contributed by atoms with Crippen molar-refractivity contribution in [3.05, 3.63) is 70.3 Å². The standard InChI is InChI=1S/C25H34IN3O7S/c1-5-25(4,26)36-24(31)27-22(15-19-9-7-6-8-10-19)23(30)17-28(16-18(2)3)37(34,35)21-13-11-20(12-14-21)29(32)33/h6-14,18,22-23,30H,5,15-17H2,1-4H3,(H,27,31)/t22-,23+,25?/m0/s1. The van der Waals surface area contributed by atoms with Crippen molar-refractivity contribution in [2.24, 2.45) is 5.92 Å². The van der Waals surface area contributed by atoms with E-state index in [4.69, 9.17) is 4.74 Å². The van der Waals surface area contributed by atoms with Gasteiger partial charge in [0.1, 0.15) is 0 Å². The molecule has 0 heterocycles. The molecule has 0 radical (unpaired) electrons. The molecule has 0 fully saturated rings. The zero-order valence-electron chi connectivity index (χ0n) is 21.3. The van der Waals surface area contributed by atoms with Gasteiger partial charge in [0, 0.05) is 25.2 Å². The third kappa shape index (κ3) is 9.51. The monoisotopic (exact) mass is 647 g/mol. The van der Waals surface area contributed by atoms with E-state index in [0.717, 1.165) is 22.0 Å². The van der Waals surface area contributed by atoms with Crippen LogP contribution in [0, 0.1) is 16.0 Å². The minimum atomic E-state index is -4.10. The maximum Gasteiger partial charge on any atom is 0.408 e. The highest BCUT2D eigenvalue weighted by molar-refractivity contribution is 14.1. The summed E-state index contributed by atoms with van der Waals surface area (Å²) in [6, 6.07) is 13.0. The molecule has 0 aromatic heterocycles. The number of alkyl carbamates (subject to hydrolysis) is 1. The number of amides is 1. The van der Waals surface area contributed by atoms with Crippen LogP contribution in [-0.4, -0.2) is 57.7 Å². The molecule has 2 aromatic carbocycles.